The number of benzene rings is 1. The molecular weight excluding hydrogens is 426 g/mol. The second kappa shape index (κ2) is 8.47. The highest BCUT2D eigenvalue weighted by Crippen LogP contribution is 2.61. The topological polar surface area (TPSA) is 62.9 Å². The van der Waals surface area contributed by atoms with Crippen LogP contribution in [0.25, 0.3) is 0 Å². The molecule has 1 saturated heterocycles. The highest BCUT2D eigenvalue weighted by molar-refractivity contribution is 5.30. The maximum atomic E-state index is 6.96. The van der Waals surface area contributed by atoms with Gasteiger partial charge in [0.05, 0.1) is 6.10 Å². The summed E-state index contributed by atoms with van der Waals surface area (Å²) in [5.74, 6) is 3.42. The van der Waals surface area contributed by atoms with E-state index < -0.39 is 11.6 Å². The molecule has 5 heteroatoms. The summed E-state index contributed by atoms with van der Waals surface area (Å²) >= 11 is 0. The van der Waals surface area contributed by atoms with Crippen molar-refractivity contribution in [3.8, 4) is 5.75 Å². The molecule has 4 unspecified atom stereocenters. The number of rotatable bonds is 3. The molecule has 186 valence electrons. The Balaban J connectivity index is 1.02. The summed E-state index contributed by atoms with van der Waals surface area (Å²) in [6.45, 7) is 0. The van der Waals surface area contributed by atoms with Gasteiger partial charge in [-0.25, -0.2) is 0 Å². The molecule has 6 aliphatic rings. The second-order valence-electron chi connectivity index (χ2n) is 12.6. The second-order valence-corrected chi connectivity index (χ2v) is 12.6. The van der Waals surface area contributed by atoms with Crippen LogP contribution in [0.5, 0.6) is 5.75 Å². The third kappa shape index (κ3) is 3.91. The lowest BCUT2D eigenvalue weighted by atomic mass is 9.55. The van der Waals surface area contributed by atoms with Crippen LogP contribution in [0.1, 0.15) is 101 Å². The lowest BCUT2D eigenvalue weighted by Crippen LogP contribution is -2.54. The van der Waals surface area contributed by atoms with Gasteiger partial charge in [0.15, 0.2) is 0 Å². The number of hydrogen-bond donors (Lipinski definition) is 1. The Labute approximate surface area is 204 Å². The lowest BCUT2D eigenvalue weighted by molar-refractivity contribution is -0.375. The summed E-state index contributed by atoms with van der Waals surface area (Å²) in [4.78, 5) is 12.5. The Kier molecular flexibility index (Phi) is 5.50. The quantitative estimate of drug-likeness (QED) is 0.536. The summed E-state index contributed by atoms with van der Waals surface area (Å²) in [6.07, 6.45) is 16.5. The summed E-state index contributed by atoms with van der Waals surface area (Å²) in [5.41, 5.74) is 7.41. The Bertz CT molecular complexity index is 881. The smallest absolute Gasteiger partial charge is 0.207 e. The third-order valence-corrected chi connectivity index (χ3v) is 10.4. The van der Waals surface area contributed by atoms with E-state index in [0.717, 1.165) is 74.9 Å². The SMILES string of the molecule is NC1CCC(Oc2ccc([C@@H]3CCC[C@]4(C3)OO[C@]3(CC5CCC6CC5CC3C6)O4)cc2)CC1. The highest BCUT2D eigenvalue weighted by Gasteiger charge is 2.63. The van der Waals surface area contributed by atoms with Crippen molar-refractivity contribution in [2.24, 2.45) is 29.4 Å². The number of hydrogen-bond acceptors (Lipinski definition) is 5. The van der Waals surface area contributed by atoms with Crippen LogP contribution in [0, 0.1) is 23.7 Å². The van der Waals surface area contributed by atoms with Gasteiger partial charge in [-0.15, -0.1) is 0 Å². The molecule has 5 aliphatic carbocycles. The summed E-state index contributed by atoms with van der Waals surface area (Å²) in [6, 6.07) is 9.17. The van der Waals surface area contributed by atoms with E-state index in [2.05, 4.69) is 24.3 Å². The van der Waals surface area contributed by atoms with Gasteiger partial charge in [-0.3, -0.25) is 0 Å². The molecule has 0 aromatic heterocycles. The van der Waals surface area contributed by atoms with Crippen LogP contribution in [0.15, 0.2) is 24.3 Å². The van der Waals surface area contributed by atoms with Crippen LogP contribution >= 0.6 is 0 Å². The van der Waals surface area contributed by atoms with Gasteiger partial charge in [0.25, 0.3) is 0 Å². The molecule has 0 amide bonds. The fourth-order valence-corrected chi connectivity index (χ4v) is 8.54. The molecular formula is C29H41NO4. The van der Waals surface area contributed by atoms with Gasteiger partial charge in [0.2, 0.25) is 11.6 Å². The average Bonchev–Trinajstić information content (AvgIpc) is 3.20. The molecule has 2 N–H and O–H groups in total. The van der Waals surface area contributed by atoms with Gasteiger partial charge in [0, 0.05) is 31.2 Å². The van der Waals surface area contributed by atoms with E-state index in [0.29, 0.717) is 24.0 Å². The van der Waals surface area contributed by atoms with Crippen LogP contribution < -0.4 is 10.5 Å². The molecule has 0 radical (unpaired) electrons. The fraction of sp³-hybridized carbons (Fsp3) is 0.793. The third-order valence-electron chi connectivity index (χ3n) is 10.4. The van der Waals surface area contributed by atoms with Crippen molar-refractivity contribution >= 4 is 0 Å². The maximum absolute atomic E-state index is 6.96. The number of ether oxygens (including phenoxy) is 2. The molecule has 6 fully saturated rings. The fourth-order valence-electron chi connectivity index (χ4n) is 8.54. The Morgan fingerprint density at radius 3 is 2.53 bits per heavy atom. The summed E-state index contributed by atoms with van der Waals surface area (Å²) in [7, 11) is 0. The van der Waals surface area contributed by atoms with Gasteiger partial charge in [0.1, 0.15) is 5.75 Å². The van der Waals surface area contributed by atoms with Crippen LogP contribution in [0.3, 0.4) is 0 Å². The molecule has 1 aromatic carbocycles. The molecule has 7 rings (SSSR count). The largest absolute Gasteiger partial charge is 0.490 e. The molecule has 5 nitrogen and oxygen atoms in total. The van der Waals surface area contributed by atoms with E-state index in [9.17, 15) is 0 Å². The van der Waals surface area contributed by atoms with Gasteiger partial charge in [-0.1, -0.05) is 18.6 Å². The first-order chi connectivity index (χ1) is 16.6. The van der Waals surface area contributed by atoms with Crippen LogP contribution in [0.2, 0.25) is 0 Å². The standard InChI is InChI=1S/C29H41NO4/c30-25-7-11-27(12-8-25)31-26-9-5-20(6-10-26)21-2-1-13-28(17-21)32-29(34-33-28)18-22-4-3-19-14-23(22)16-24(29)15-19/h5-6,9-10,19,21-25,27H,1-4,7-8,11-18,30H2/t19?,21-,22?,23?,24?,25?,27?,28-,29+/m1/s1. The van der Waals surface area contributed by atoms with E-state index in [1.807, 2.05) is 0 Å². The summed E-state index contributed by atoms with van der Waals surface area (Å²) < 4.78 is 13.2. The van der Waals surface area contributed by atoms with Crippen molar-refractivity contribution in [3.05, 3.63) is 29.8 Å². The van der Waals surface area contributed by atoms with Crippen molar-refractivity contribution in [2.45, 2.75) is 120 Å². The van der Waals surface area contributed by atoms with Gasteiger partial charge in [-0.05, 0) is 106 Å². The predicted molar refractivity (Wildman–Crippen MR) is 129 cm³/mol. The molecule has 7 atom stereocenters. The highest BCUT2D eigenvalue weighted by atomic mass is 17.3. The molecule has 1 heterocycles. The first-order valence-corrected chi connectivity index (χ1v) is 14.2. The molecule has 2 spiro atoms. The first kappa shape index (κ1) is 22.1. The van der Waals surface area contributed by atoms with E-state index >= 15 is 0 Å². The minimum Gasteiger partial charge on any atom is -0.490 e. The zero-order valence-corrected chi connectivity index (χ0v) is 20.5. The van der Waals surface area contributed by atoms with Gasteiger partial charge < -0.3 is 15.2 Å². The van der Waals surface area contributed by atoms with Crippen LogP contribution in [-0.4, -0.2) is 23.7 Å². The first-order valence-electron chi connectivity index (χ1n) is 14.2. The Hall–Kier alpha value is -1.14. The van der Waals surface area contributed by atoms with Crippen molar-refractivity contribution in [2.75, 3.05) is 0 Å². The zero-order chi connectivity index (χ0) is 22.8. The maximum Gasteiger partial charge on any atom is 0.207 e. The minimum atomic E-state index is -0.567. The van der Waals surface area contributed by atoms with E-state index in [4.69, 9.17) is 25.0 Å². The molecule has 1 aromatic rings. The Morgan fingerprint density at radius 1 is 0.824 bits per heavy atom. The normalized spacial score (nSPS) is 47.9. The van der Waals surface area contributed by atoms with Crippen molar-refractivity contribution < 1.29 is 19.2 Å². The monoisotopic (exact) mass is 467 g/mol. The Morgan fingerprint density at radius 2 is 1.68 bits per heavy atom. The van der Waals surface area contributed by atoms with Crippen molar-refractivity contribution in [3.63, 3.8) is 0 Å². The molecule has 34 heavy (non-hydrogen) atoms. The number of nitrogens with two attached hydrogens (primary N) is 1. The summed E-state index contributed by atoms with van der Waals surface area (Å²) in [5, 5.41) is 0. The zero-order valence-electron chi connectivity index (χ0n) is 20.5. The van der Waals surface area contributed by atoms with E-state index in [1.54, 1.807) is 0 Å². The minimum absolute atomic E-state index is 0.308. The lowest BCUT2D eigenvalue weighted by Gasteiger charge is -2.54. The van der Waals surface area contributed by atoms with Crippen LogP contribution in [-0.2, 0) is 14.5 Å². The van der Waals surface area contributed by atoms with Gasteiger partial charge >= 0.3 is 0 Å². The van der Waals surface area contributed by atoms with Crippen LogP contribution in [0.4, 0.5) is 0 Å². The average molecular weight is 468 g/mol. The molecule has 5 saturated carbocycles. The predicted octanol–water partition coefficient (Wildman–Crippen LogP) is 6.21. The van der Waals surface area contributed by atoms with Crippen molar-refractivity contribution in [1.29, 1.82) is 0 Å². The number of fused-ring (bicyclic) bond motifs is 3. The molecule has 1 aliphatic heterocycles. The van der Waals surface area contributed by atoms with E-state index in [-0.39, 0.29) is 0 Å². The van der Waals surface area contributed by atoms with Crippen molar-refractivity contribution in [1.82, 2.24) is 0 Å². The van der Waals surface area contributed by atoms with E-state index in [1.165, 1.54) is 44.1 Å². The van der Waals surface area contributed by atoms with Gasteiger partial charge in [-0.2, -0.15) is 9.78 Å². The molecule has 3 bridgehead atoms.